The molecule has 0 fully saturated rings. The van der Waals surface area contributed by atoms with E-state index in [2.05, 4.69) is 14.7 Å². The van der Waals surface area contributed by atoms with E-state index >= 15 is 0 Å². The van der Waals surface area contributed by atoms with Gasteiger partial charge in [0.1, 0.15) is 17.1 Å². The van der Waals surface area contributed by atoms with Crippen molar-refractivity contribution in [2.75, 3.05) is 19.0 Å². The number of nitrogens with one attached hydrogen (secondary N) is 1. The number of hydrogen-bond donors (Lipinski definition) is 2. The number of nitrogens with zero attached hydrogens (tertiary/aromatic N) is 1. The molecule has 184 valence electrons. The molecule has 0 radical (unpaired) electrons. The zero-order valence-electron chi connectivity index (χ0n) is 17.9. The van der Waals surface area contributed by atoms with Crippen LogP contribution in [0.25, 0.3) is 22.2 Å². The average Bonchev–Trinajstić information content (AvgIpc) is 3.23. The van der Waals surface area contributed by atoms with E-state index in [1.165, 1.54) is 36.0 Å². The maximum atomic E-state index is 12.9. The summed E-state index contributed by atoms with van der Waals surface area (Å²) in [6, 6.07) is 14.4. The molecule has 35 heavy (non-hydrogen) atoms. The van der Waals surface area contributed by atoms with Crippen molar-refractivity contribution in [3.05, 3.63) is 76.0 Å². The number of rotatable bonds is 8. The first kappa shape index (κ1) is 25.6. The first-order chi connectivity index (χ1) is 16.7. The van der Waals surface area contributed by atoms with Crippen LogP contribution in [0.2, 0.25) is 10.0 Å². The molecule has 0 saturated carbocycles. The summed E-state index contributed by atoms with van der Waals surface area (Å²) in [5.41, 5.74) is 1.72. The predicted molar refractivity (Wildman–Crippen MR) is 130 cm³/mol. The molecule has 2 N–H and O–H groups in total. The number of para-hydroxylation sites is 1. The molecule has 0 aliphatic rings. The fourth-order valence-electron chi connectivity index (χ4n) is 3.70. The van der Waals surface area contributed by atoms with Crippen LogP contribution >= 0.6 is 35.0 Å². The molecular formula is C24H18Cl2F4N2O2S. The topological polar surface area (TPSA) is 58.1 Å². The van der Waals surface area contributed by atoms with Gasteiger partial charge in [0.15, 0.2) is 0 Å². The van der Waals surface area contributed by atoms with Gasteiger partial charge in [-0.2, -0.15) is 0 Å². The highest BCUT2D eigenvalue weighted by Gasteiger charge is 2.33. The molecule has 11 heteroatoms. The van der Waals surface area contributed by atoms with Crippen LogP contribution in [0.5, 0.6) is 5.75 Å². The number of aromatic amines is 1. The maximum absolute atomic E-state index is 12.9. The van der Waals surface area contributed by atoms with Gasteiger partial charge in [0.05, 0.1) is 34.8 Å². The third-order valence-corrected chi connectivity index (χ3v) is 6.84. The number of aliphatic hydroxyl groups is 1. The Morgan fingerprint density at radius 3 is 2.46 bits per heavy atom. The van der Waals surface area contributed by atoms with E-state index in [0.717, 1.165) is 10.5 Å². The molecule has 1 aromatic heterocycles. The lowest BCUT2D eigenvalue weighted by Gasteiger charge is -2.15. The van der Waals surface area contributed by atoms with Crippen LogP contribution in [0.3, 0.4) is 0 Å². The van der Waals surface area contributed by atoms with Gasteiger partial charge in [-0.25, -0.2) is 4.98 Å². The van der Waals surface area contributed by atoms with Crippen LogP contribution < -0.4 is 4.74 Å². The zero-order valence-corrected chi connectivity index (χ0v) is 20.2. The van der Waals surface area contributed by atoms with Crippen molar-refractivity contribution in [1.29, 1.82) is 0 Å². The molecule has 0 amide bonds. The largest absolute Gasteiger partial charge is 0.573 e. The molecule has 1 atom stereocenters. The van der Waals surface area contributed by atoms with Crippen molar-refractivity contribution >= 4 is 46.0 Å². The standard InChI is InChI=1S/C24H18Cl2F4N2O2S/c25-17-11-18-22(21(26)20(17)15-3-1-2-4-19(15)34-24(28,29)30)32-23(31-18)16(12-33)13-5-7-14(8-6-13)35-10-9-27/h1-8,11,16,33H,9-10,12H2,(H,31,32). The van der Waals surface area contributed by atoms with Crippen LogP contribution in [0.4, 0.5) is 17.6 Å². The van der Waals surface area contributed by atoms with E-state index in [4.69, 9.17) is 23.2 Å². The minimum absolute atomic E-state index is 0.0443. The smallest absolute Gasteiger partial charge is 0.405 e. The summed E-state index contributed by atoms with van der Waals surface area (Å²) in [6.07, 6.45) is -4.90. The molecule has 4 nitrogen and oxygen atoms in total. The summed E-state index contributed by atoms with van der Waals surface area (Å²) in [7, 11) is 0. The van der Waals surface area contributed by atoms with Crippen molar-refractivity contribution in [2.45, 2.75) is 17.2 Å². The fourth-order valence-corrected chi connectivity index (χ4v) is 5.04. The minimum Gasteiger partial charge on any atom is -0.405 e. The minimum atomic E-state index is -4.90. The van der Waals surface area contributed by atoms with Gasteiger partial charge in [-0.3, -0.25) is 4.39 Å². The predicted octanol–water partition coefficient (Wildman–Crippen LogP) is 7.62. The Balaban J connectivity index is 1.75. The molecule has 4 rings (SSSR count). The Kier molecular flexibility index (Phi) is 7.80. The van der Waals surface area contributed by atoms with Gasteiger partial charge >= 0.3 is 6.36 Å². The van der Waals surface area contributed by atoms with Crippen molar-refractivity contribution < 1.29 is 27.4 Å². The molecule has 0 saturated heterocycles. The molecule has 1 heterocycles. The molecular weight excluding hydrogens is 527 g/mol. The molecule has 0 aliphatic heterocycles. The quantitative estimate of drug-likeness (QED) is 0.177. The molecule has 0 bridgehead atoms. The van der Waals surface area contributed by atoms with Crippen LogP contribution in [-0.2, 0) is 0 Å². The van der Waals surface area contributed by atoms with E-state index in [1.807, 2.05) is 24.3 Å². The van der Waals surface area contributed by atoms with Crippen LogP contribution in [0, 0.1) is 0 Å². The van der Waals surface area contributed by atoms with Crippen LogP contribution in [0.15, 0.2) is 59.5 Å². The number of hydrogen-bond acceptors (Lipinski definition) is 4. The number of fused-ring (bicyclic) bond motifs is 1. The van der Waals surface area contributed by atoms with E-state index < -0.39 is 24.7 Å². The van der Waals surface area contributed by atoms with Gasteiger partial charge in [-0.05, 0) is 29.8 Å². The first-order valence-corrected chi connectivity index (χ1v) is 12.1. The second-order valence-electron chi connectivity index (χ2n) is 7.45. The Labute approximate surface area is 212 Å². The highest BCUT2D eigenvalue weighted by molar-refractivity contribution is 7.99. The highest BCUT2D eigenvalue weighted by Crippen LogP contribution is 2.44. The van der Waals surface area contributed by atoms with Crippen LogP contribution in [-0.4, -0.2) is 40.5 Å². The van der Waals surface area contributed by atoms with Gasteiger partial charge in [0, 0.05) is 21.8 Å². The number of imidazole rings is 1. The number of alkyl halides is 4. The summed E-state index contributed by atoms with van der Waals surface area (Å²) >= 11 is 14.4. The SMILES string of the molecule is OCC(c1ccc(SCCF)cc1)c1nc2c(Cl)c(-c3ccccc3OC(F)(F)F)c(Cl)cc2[nH]1. The summed E-state index contributed by atoms with van der Waals surface area (Å²) in [5.74, 6) is -0.216. The monoisotopic (exact) mass is 544 g/mol. The van der Waals surface area contributed by atoms with E-state index in [-0.39, 0.29) is 33.3 Å². The molecule has 4 aromatic rings. The Hall–Kier alpha value is -2.46. The lowest BCUT2D eigenvalue weighted by atomic mass is 9.99. The van der Waals surface area contributed by atoms with Crippen molar-refractivity contribution in [1.82, 2.24) is 9.97 Å². The Bertz CT molecular complexity index is 1330. The van der Waals surface area contributed by atoms with Crippen molar-refractivity contribution in [3.63, 3.8) is 0 Å². The number of aliphatic hydroxyl groups excluding tert-OH is 1. The van der Waals surface area contributed by atoms with Gasteiger partial charge in [0.2, 0.25) is 0 Å². The summed E-state index contributed by atoms with van der Waals surface area (Å²) in [6.45, 7) is -0.694. The maximum Gasteiger partial charge on any atom is 0.573 e. The third kappa shape index (κ3) is 5.69. The molecule has 1 unspecified atom stereocenters. The first-order valence-electron chi connectivity index (χ1n) is 10.3. The van der Waals surface area contributed by atoms with Crippen LogP contribution in [0.1, 0.15) is 17.3 Å². The van der Waals surface area contributed by atoms with Crippen molar-refractivity contribution in [2.24, 2.45) is 0 Å². The number of halogens is 6. The second kappa shape index (κ2) is 10.7. The van der Waals surface area contributed by atoms with E-state index in [0.29, 0.717) is 17.1 Å². The Morgan fingerprint density at radius 2 is 1.80 bits per heavy atom. The highest BCUT2D eigenvalue weighted by atomic mass is 35.5. The molecule has 0 spiro atoms. The number of H-pyrrole nitrogens is 1. The Morgan fingerprint density at radius 1 is 1.09 bits per heavy atom. The zero-order chi connectivity index (χ0) is 25.2. The fraction of sp³-hybridized carbons (Fsp3) is 0.208. The molecule has 0 aliphatic carbocycles. The van der Waals surface area contributed by atoms with E-state index in [1.54, 1.807) is 6.07 Å². The van der Waals surface area contributed by atoms with Crippen molar-refractivity contribution in [3.8, 4) is 16.9 Å². The average molecular weight is 545 g/mol. The normalized spacial score (nSPS) is 12.8. The second-order valence-corrected chi connectivity index (χ2v) is 9.40. The summed E-state index contributed by atoms with van der Waals surface area (Å²) in [5, 5.41) is 10.2. The van der Waals surface area contributed by atoms with Gasteiger partial charge in [0.25, 0.3) is 0 Å². The summed E-state index contributed by atoms with van der Waals surface area (Å²) in [4.78, 5) is 8.54. The van der Waals surface area contributed by atoms with E-state index in [9.17, 15) is 22.7 Å². The number of benzene rings is 3. The lowest BCUT2D eigenvalue weighted by Crippen LogP contribution is -2.17. The number of aromatic nitrogens is 2. The van der Waals surface area contributed by atoms with Gasteiger partial charge in [-0.15, -0.1) is 24.9 Å². The summed E-state index contributed by atoms with van der Waals surface area (Å²) < 4.78 is 55.3. The lowest BCUT2D eigenvalue weighted by molar-refractivity contribution is -0.274. The number of ether oxygens (including phenoxy) is 1. The molecule has 3 aromatic carbocycles. The number of thioether (sulfide) groups is 1. The van der Waals surface area contributed by atoms with Gasteiger partial charge in [-0.1, -0.05) is 53.5 Å². The third-order valence-electron chi connectivity index (χ3n) is 5.21. The van der Waals surface area contributed by atoms with Gasteiger partial charge < -0.3 is 14.8 Å².